The number of anilines is 1. The van der Waals surface area contributed by atoms with Crippen molar-refractivity contribution in [3.63, 3.8) is 0 Å². The SMILES string of the molecule is O=C(O)[C@H]1OC(O[C@@H](CCC2C(=O)N(c3ccc(F)cc3)C2c2ccc(O)cc2)c2ccc(F)cc2)[C@H](O)[C@@H](O)[C@@H]1O. The first-order valence-electron chi connectivity index (χ1n) is 13.3. The molecule has 5 rings (SSSR count). The standard InChI is InChI=1S/C30H29F2NO9/c31-17-5-1-15(2-6-17)22(41-30-26(37)24(35)25(36)27(42-30)29(39)40)14-13-21-23(16-3-11-20(34)12-4-16)33(28(21)38)19-9-7-18(32)8-10-19/h1-12,21-27,30,34-37H,13-14H2,(H,39,40)/t21?,22-,23?,24-,25-,26+,27-,30?/m0/s1. The number of hydrogen-bond acceptors (Lipinski definition) is 8. The van der Waals surface area contributed by atoms with Crippen molar-refractivity contribution < 1.29 is 53.4 Å². The molecule has 0 saturated carbocycles. The smallest absolute Gasteiger partial charge is 0.335 e. The minimum absolute atomic E-state index is 0.0390. The van der Waals surface area contributed by atoms with Gasteiger partial charge in [-0.3, -0.25) is 4.79 Å². The zero-order valence-electron chi connectivity index (χ0n) is 22.0. The molecule has 2 fully saturated rings. The quantitative estimate of drug-likeness (QED) is 0.238. The fourth-order valence-electron chi connectivity index (χ4n) is 5.42. The van der Waals surface area contributed by atoms with E-state index in [0.717, 1.165) is 0 Å². The maximum atomic E-state index is 13.7. The number of amides is 1. The average molecular weight is 586 g/mol. The van der Waals surface area contributed by atoms with Gasteiger partial charge in [0.2, 0.25) is 5.91 Å². The lowest BCUT2D eigenvalue weighted by molar-refractivity contribution is -0.306. The highest BCUT2D eigenvalue weighted by Crippen LogP contribution is 2.47. The van der Waals surface area contributed by atoms with Crippen LogP contribution in [0.15, 0.2) is 72.8 Å². The van der Waals surface area contributed by atoms with Crippen molar-refractivity contribution in [3.05, 3.63) is 95.6 Å². The summed E-state index contributed by atoms with van der Waals surface area (Å²) in [4.78, 5) is 26.5. The van der Waals surface area contributed by atoms with E-state index in [1.807, 2.05) is 0 Å². The minimum atomic E-state index is -1.90. The third kappa shape index (κ3) is 5.85. The molecule has 0 bridgehead atoms. The lowest BCUT2D eigenvalue weighted by atomic mass is 9.78. The molecule has 42 heavy (non-hydrogen) atoms. The highest BCUT2D eigenvalue weighted by atomic mass is 19.1. The molecular weight excluding hydrogens is 556 g/mol. The van der Waals surface area contributed by atoms with E-state index in [0.29, 0.717) is 16.8 Å². The number of rotatable bonds is 9. The van der Waals surface area contributed by atoms with Gasteiger partial charge in [-0.15, -0.1) is 0 Å². The van der Waals surface area contributed by atoms with E-state index in [1.165, 1.54) is 65.6 Å². The van der Waals surface area contributed by atoms with Gasteiger partial charge in [-0.2, -0.15) is 0 Å². The maximum Gasteiger partial charge on any atom is 0.335 e. The summed E-state index contributed by atoms with van der Waals surface area (Å²) >= 11 is 0. The van der Waals surface area contributed by atoms with E-state index < -0.39 is 66.4 Å². The number of aliphatic carboxylic acids is 1. The summed E-state index contributed by atoms with van der Waals surface area (Å²) in [6.45, 7) is 0. The van der Waals surface area contributed by atoms with Gasteiger partial charge in [0.1, 0.15) is 35.7 Å². The van der Waals surface area contributed by atoms with E-state index in [-0.39, 0.29) is 24.5 Å². The number of aliphatic hydroxyl groups excluding tert-OH is 3. The Morgan fingerprint density at radius 3 is 2.07 bits per heavy atom. The lowest BCUT2D eigenvalue weighted by Gasteiger charge is -2.48. The molecule has 8 atom stereocenters. The predicted molar refractivity (Wildman–Crippen MR) is 142 cm³/mol. The Morgan fingerprint density at radius 2 is 1.48 bits per heavy atom. The number of phenols is 1. The molecule has 3 aromatic rings. The molecule has 2 aliphatic rings. The van der Waals surface area contributed by atoms with Crippen LogP contribution in [0.25, 0.3) is 0 Å². The van der Waals surface area contributed by atoms with E-state index in [1.54, 1.807) is 12.1 Å². The Bertz CT molecular complexity index is 1400. The van der Waals surface area contributed by atoms with Crippen LogP contribution in [0.1, 0.15) is 36.1 Å². The van der Waals surface area contributed by atoms with Gasteiger partial charge in [0.15, 0.2) is 12.4 Å². The van der Waals surface area contributed by atoms with Crippen LogP contribution < -0.4 is 4.90 Å². The molecule has 3 aromatic carbocycles. The summed E-state index contributed by atoms with van der Waals surface area (Å²) in [7, 11) is 0. The number of phenolic OH excluding ortho intramolecular Hbond substituents is 1. The molecule has 5 N–H and O–H groups in total. The van der Waals surface area contributed by atoms with Gasteiger partial charge in [-0.05, 0) is 72.5 Å². The van der Waals surface area contributed by atoms with Crippen molar-refractivity contribution in [2.24, 2.45) is 5.92 Å². The van der Waals surface area contributed by atoms with Crippen molar-refractivity contribution in [3.8, 4) is 5.75 Å². The summed E-state index contributed by atoms with van der Waals surface area (Å²) in [6, 6.07) is 16.5. The summed E-state index contributed by atoms with van der Waals surface area (Å²) in [5, 5.41) is 49.9. The van der Waals surface area contributed by atoms with Crippen molar-refractivity contribution in [1.29, 1.82) is 0 Å². The zero-order chi connectivity index (χ0) is 30.1. The number of benzene rings is 3. The topological polar surface area (TPSA) is 157 Å². The maximum absolute atomic E-state index is 13.7. The Balaban J connectivity index is 1.40. The fraction of sp³-hybridized carbons (Fsp3) is 0.333. The molecule has 2 saturated heterocycles. The van der Waals surface area contributed by atoms with Gasteiger partial charge < -0.3 is 39.9 Å². The second-order valence-electron chi connectivity index (χ2n) is 10.3. The van der Waals surface area contributed by atoms with Crippen LogP contribution in [0.5, 0.6) is 5.75 Å². The van der Waals surface area contributed by atoms with E-state index in [4.69, 9.17) is 9.47 Å². The first-order chi connectivity index (χ1) is 20.0. The van der Waals surface area contributed by atoms with E-state index >= 15 is 0 Å². The van der Waals surface area contributed by atoms with Gasteiger partial charge >= 0.3 is 5.97 Å². The number of ether oxygens (including phenoxy) is 2. The summed E-state index contributed by atoms with van der Waals surface area (Å²) < 4.78 is 38.5. The Hall–Kier alpha value is -3.94. The van der Waals surface area contributed by atoms with Crippen LogP contribution in [0.2, 0.25) is 0 Å². The molecule has 12 heteroatoms. The molecule has 0 spiro atoms. The first kappa shape index (κ1) is 29.5. The van der Waals surface area contributed by atoms with Gasteiger partial charge in [0, 0.05) is 5.69 Å². The normalized spacial score (nSPS) is 28.3. The first-order valence-corrected chi connectivity index (χ1v) is 13.3. The molecule has 0 aliphatic carbocycles. The molecule has 1 amide bonds. The molecular formula is C30H29F2NO9. The number of carboxylic acids is 1. The number of carboxylic acid groups (broad SMARTS) is 1. The molecule has 2 aliphatic heterocycles. The summed E-state index contributed by atoms with van der Waals surface area (Å²) in [5.41, 5.74) is 1.63. The summed E-state index contributed by atoms with van der Waals surface area (Å²) in [6.07, 6.45) is -9.75. The molecule has 0 aromatic heterocycles. The van der Waals surface area contributed by atoms with Crippen LogP contribution in [-0.2, 0) is 19.1 Å². The van der Waals surface area contributed by atoms with Crippen LogP contribution >= 0.6 is 0 Å². The minimum Gasteiger partial charge on any atom is -0.508 e. The molecule has 3 unspecified atom stereocenters. The largest absolute Gasteiger partial charge is 0.508 e. The van der Waals surface area contributed by atoms with Crippen LogP contribution in [0, 0.1) is 17.6 Å². The van der Waals surface area contributed by atoms with Crippen molar-refractivity contribution >= 4 is 17.6 Å². The number of halogens is 2. The van der Waals surface area contributed by atoms with Crippen LogP contribution in [0.3, 0.4) is 0 Å². The third-order valence-corrected chi connectivity index (χ3v) is 7.65. The third-order valence-electron chi connectivity index (χ3n) is 7.65. The number of aliphatic hydroxyl groups is 3. The lowest BCUT2D eigenvalue weighted by Crippen LogP contribution is -2.60. The van der Waals surface area contributed by atoms with Gasteiger partial charge in [0.05, 0.1) is 18.1 Å². The second-order valence-corrected chi connectivity index (χ2v) is 10.3. The highest BCUT2D eigenvalue weighted by molar-refractivity contribution is 6.03. The highest BCUT2D eigenvalue weighted by Gasteiger charge is 2.50. The van der Waals surface area contributed by atoms with Crippen LogP contribution in [0.4, 0.5) is 14.5 Å². The van der Waals surface area contributed by atoms with Crippen molar-refractivity contribution in [1.82, 2.24) is 0 Å². The molecule has 10 nitrogen and oxygen atoms in total. The number of hydrogen-bond donors (Lipinski definition) is 5. The molecule has 0 radical (unpaired) electrons. The second kappa shape index (κ2) is 12.1. The van der Waals surface area contributed by atoms with Gasteiger partial charge in [0.25, 0.3) is 0 Å². The zero-order valence-corrected chi connectivity index (χ0v) is 22.0. The average Bonchev–Trinajstić information content (AvgIpc) is 2.97. The fourth-order valence-corrected chi connectivity index (χ4v) is 5.42. The van der Waals surface area contributed by atoms with E-state index in [9.17, 15) is 43.9 Å². The monoisotopic (exact) mass is 585 g/mol. The number of nitrogens with zero attached hydrogens (tertiary/aromatic N) is 1. The van der Waals surface area contributed by atoms with Gasteiger partial charge in [-0.1, -0.05) is 24.3 Å². The number of carbonyl (C=O) groups excluding carboxylic acids is 1. The number of aromatic hydroxyl groups is 1. The predicted octanol–water partition coefficient (Wildman–Crippen LogP) is 2.80. The number of β-lactam (4-membered cyclic amide) rings is 1. The molecule has 2 heterocycles. The Morgan fingerprint density at radius 1 is 0.881 bits per heavy atom. The number of carbonyl (C=O) groups is 2. The van der Waals surface area contributed by atoms with E-state index in [2.05, 4.69) is 0 Å². The Kier molecular flexibility index (Phi) is 8.53. The Labute approximate surface area is 239 Å². The molecule has 222 valence electrons. The van der Waals surface area contributed by atoms with Crippen LogP contribution in [-0.4, -0.2) is 68.1 Å². The summed E-state index contributed by atoms with van der Waals surface area (Å²) in [5.74, 6) is -3.36. The van der Waals surface area contributed by atoms with Gasteiger partial charge in [-0.25, -0.2) is 13.6 Å². The van der Waals surface area contributed by atoms with Crippen molar-refractivity contribution in [2.75, 3.05) is 4.90 Å². The van der Waals surface area contributed by atoms with Crippen molar-refractivity contribution in [2.45, 2.75) is 55.7 Å².